The van der Waals surface area contributed by atoms with Crippen LogP contribution in [-0.2, 0) is 14.3 Å². The number of allylic oxidation sites excluding steroid dienone is 3. The van der Waals surface area contributed by atoms with Crippen LogP contribution in [0.25, 0.3) is 0 Å². The highest BCUT2D eigenvalue weighted by Gasteiger charge is 2.30. The van der Waals surface area contributed by atoms with E-state index in [2.05, 4.69) is 11.9 Å². The lowest BCUT2D eigenvalue weighted by molar-refractivity contribution is -0.119. The van der Waals surface area contributed by atoms with Gasteiger partial charge in [-0.25, -0.2) is 13.6 Å². The number of nitrogens with one attached hydrogen (secondary N) is 1. The predicted octanol–water partition coefficient (Wildman–Crippen LogP) is 1.45. The average Bonchev–Trinajstić information content (AvgIpc) is 2.92. The molecule has 0 aromatic carbocycles. The van der Waals surface area contributed by atoms with Gasteiger partial charge in [0, 0.05) is 26.2 Å². The van der Waals surface area contributed by atoms with Crippen LogP contribution < -0.4 is 5.32 Å². The highest BCUT2D eigenvalue weighted by Crippen LogP contribution is 2.23. The van der Waals surface area contributed by atoms with Crippen molar-refractivity contribution in [1.82, 2.24) is 15.1 Å². The van der Waals surface area contributed by atoms with E-state index in [0.29, 0.717) is 26.3 Å². The average molecular weight is 357 g/mol. The Morgan fingerprint density at radius 2 is 2.08 bits per heavy atom. The Kier molecular flexibility index (Phi) is 6.51. The number of hydrogen-bond donors (Lipinski definition) is 1. The Labute approximate surface area is 144 Å². The van der Waals surface area contributed by atoms with Gasteiger partial charge in [0.2, 0.25) is 5.91 Å². The molecule has 2 saturated heterocycles. The van der Waals surface area contributed by atoms with E-state index < -0.39 is 23.9 Å². The van der Waals surface area contributed by atoms with Crippen LogP contribution in [-0.4, -0.2) is 67.3 Å². The van der Waals surface area contributed by atoms with Crippen molar-refractivity contribution in [2.75, 3.05) is 39.4 Å². The molecule has 1 atom stereocenters. The first-order valence-electron chi connectivity index (χ1n) is 7.85. The summed E-state index contributed by atoms with van der Waals surface area (Å²) in [6.45, 7) is 6.30. The Morgan fingerprint density at radius 3 is 2.68 bits per heavy atom. The first-order chi connectivity index (χ1) is 11.9. The van der Waals surface area contributed by atoms with Gasteiger partial charge in [0.05, 0.1) is 26.3 Å². The van der Waals surface area contributed by atoms with Crippen LogP contribution in [0.2, 0.25) is 0 Å². The summed E-state index contributed by atoms with van der Waals surface area (Å²) >= 11 is 0. The summed E-state index contributed by atoms with van der Waals surface area (Å²) < 4.78 is 38.3. The molecule has 2 fully saturated rings. The van der Waals surface area contributed by atoms with Crippen molar-refractivity contribution in [2.45, 2.75) is 13.0 Å². The summed E-state index contributed by atoms with van der Waals surface area (Å²) in [5, 5.41) is 2.54. The van der Waals surface area contributed by atoms with Gasteiger partial charge in [-0.2, -0.15) is 0 Å². The zero-order valence-electron chi connectivity index (χ0n) is 14.0. The zero-order chi connectivity index (χ0) is 18.4. The normalized spacial score (nSPS) is 22.0. The van der Waals surface area contributed by atoms with E-state index >= 15 is 0 Å². The van der Waals surface area contributed by atoms with Gasteiger partial charge in [0.1, 0.15) is 17.6 Å². The first kappa shape index (κ1) is 18.9. The van der Waals surface area contributed by atoms with Crippen LogP contribution in [0.1, 0.15) is 6.92 Å². The second-order valence-corrected chi connectivity index (χ2v) is 5.61. The molecule has 7 nitrogen and oxygen atoms in total. The number of carbonyl (C=O) groups is 2. The number of rotatable bonds is 6. The quantitative estimate of drug-likeness (QED) is 0.729. The lowest BCUT2D eigenvalue weighted by Gasteiger charge is -2.30. The Morgan fingerprint density at radius 1 is 1.40 bits per heavy atom. The molecule has 2 aliphatic heterocycles. The van der Waals surface area contributed by atoms with E-state index in [1.165, 1.54) is 18.0 Å². The Bertz CT molecular complexity index is 600. The lowest BCUT2D eigenvalue weighted by Crippen LogP contribution is -2.36. The zero-order valence-corrected chi connectivity index (χ0v) is 14.0. The van der Waals surface area contributed by atoms with Crippen LogP contribution >= 0.6 is 0 Å². The van der Waals surface area contributed by atoms with E-state index in [1.54, 1.807) is 0 Å². The topological polar surface area (TPSA) is 71.1 Å². The van der Waals surface area contributed by atoms with Crippen LogP contribution in [0, 0.1) is 0 Å². The molecule has 0 spiro atoms. The number of hydrogen-bond acceptors (Lipinski definition) is 5. The van der Waals surface area contributed by atoms with E-state index in [-0.39, 0.29) is 24.7 Å². The molecule has 9 heteroatoms. The summed E-state index contributed by atoms with van der Waals surface area (Å²) in [6, 6.07) is 0. The molecule has 2 rings (SSSR count). The highest BCUT2D eigenvalue weighted by molar-refractivity contribution is 5.73. The van der Waals surface area contributed by atoms with Gasteiger partial charge in [-0.15, -0.1) is 0 Å². The van der Waals surface area contributed by atoms with Crippen molar-refractivity contribution in [2.24, 2.45) is 0 Å². The number of amides is 2. The van der Waals surface area contributed by atoms with E-state index in [9.17, 15) is 18.4 Å². The molecule has 1 unspecified atom stereocenters. The number of halogens is 2. The third kappa shape index (κ3) is 5.28. The SMILES string of the molecule is C=C(F)/C(=C(F)\C=C\N1CC(CNC(C)=O)OC1=O)N1CCOCC1. The largest absolute Gasteiger partial charge is 0.442 e. The fraction of sp³-hybridized carbons (Fsp3) is 0.500. The maximum atomic E-state index is 14.4. The third-order valence-electron chi connectivity index (χ3n) is 3.69. The van der Waals surface area contributed by atoms with Crippen LogP contribution in [0.4, 0.5) is 13.6 Å². The number of cyclic esters (lactones) is 1. The fourth-order valence-corrected chi connectivity index (χ4v) is 2.50. The summed E-state index contributed by atoms with van der Waals surface area (Å²) in [4.78, 5) is 25.3. The van der Waals surface area contributed by atoms with Crippen molar-refractivity contribution in [1.29, 1.82) is 0 Å². The Balaban J connectivity index is 2.03. The molecule has 0 radical (unpaired) electrons. The minimum atomic E-state index is -0.892. The second-order valence-electron chi connectivity index (χ2n) is 5.61. The summed E-state index contributed by atoms with van der Waals surface area (Å²) in [6.07, 6.45) is 1.00. The van der Waals surface area contributed by atoms with E-state index in [4.69, 9.17) is 9.47 Å². The molecule has 2 heterocycles. The van der Waals surface area contributed by atoms with E-state index in [1.807, 2.05) is 0 Å². The van der Waals surface area contributed by atoms with Gasteiger partial charge in [-0.1, -0.05) is 6.58 Å². The smallest absolute Gasteiger partial charge is 0.414 e. The van der Waals surface area contributed by atoms with E-state index in [0.717, 1.165) is 11.0 Å². The van der Waals surface area contributed by atoms with Crippen LogP contribution in [0.15, 0.2) is 36.2 Å². The molecular formula is C16H21F2N3O4. The fourth-order valence-electron chi connectivity index (χ4n) is 2.50. The van der Waals surface area contributed by atoms with Crippen LogP contribution in [0.5, 0.6) is 0 Å². The summed E-state index contributed by atoms with van der Waals surface area (Å²) in [5.41, 5.74) is -0.248. The molecule has 0 aromatic heterocycles. The number of nitrogens with zero attached hydrogens (tertiary/aromatic N) is 2. The standard InChI is InChI=1S/C16H21F2N3O4/c1-11(17)15(20-5-7-24-8-6-20)14(18)3-4-21-10-13(25-16(21)23)9-19-12(2)22/h3-4,13H,1,5-10H2,2H3,(H,19,22)/b4-3+,15-14-. The van der Waals surface area contributed by atoms with Crippen molar-refractivity contribution in [3.8, 4) is 0 Å². The molecule has 0 aromatic rings. The Hall–Kier alpha value is -2.42. The molecule has 2 amide bonds. The van der Waals surface area contributed by atoms with Crippen molar-refractivity contribution in [3.63, 3.8) is 0 Å². The van der Waals surface area contributed by atoms with Gasteiger partial charge < -0.3 is 19.7 Å². The van der Waals surface area contributed by atoms with Crippen LogP contribution in [0.3, 0.4) is 0 Å². The maximum Gasteiger partial charge on any atom is 0.414 e. The minimum absolute atomic E-state index is 0.159. The van der Waals surface area contributed by atoms with Crippen molar-refractivity contribution >= 4 is 12.0 Å². The molecule has 138 valence electrons. The second kappa shape index (κ2) is 8.61. The van der Waals surface area contributed by atoms with Crippen molar-refractivity contribution < 1.29 is 27.8 Å². The van der Waals surface area contributed by atoms with Crippen molar-refractivity contribution in [3.05, 3.63) is 36.2 Å². The maximum absolute atomic E-state index is 14.4. The third-order valence-corrected chi connectivity index (χ3v) is 3.69. The molecule has 25 heavy (non-hydrogen) atoms. The highest BCUT2D eigenvalue weighted by atomic mass is 19.1. The molecule has 0 bridgehead atoms. The summed E-state index contributed by atoms with van der Waals surface area (Å²) in [7, 11) is 0. The first-order valence-corrected chi connectivity index (χ1v) is 7.85. The number of morpholine rings is 1. The van der Waals surface area contributed by atoms with Gasteiger partial charge in [0.15, 0.2) is 5.83 Å². The molecule has 2 aliphatic rings. The molecule has 0 saturated carbocycles. The number of ether oxygens (including phenoxy) is 2. The van der Waals surface area contributed by atoms with Gasteiger partial charge >= 0.3 is 6.09 Å². The van der Waals surface area contributed by atoms with Gasteiger partial charge in [-0.3, -0.25) is 9.69 Å². The molecular weight excluding hydrogens is 336 g/mol. The molecule has 0 aliphatic carbocycles. The lowest BCUT2D eigenvalue weighted by atomic mass is 10.2. The summed E-state index contributed by atoms with van der Waals surface area (Å²) in [5.74, 6) is -1.97. The minimum Gasteiger partial charge on any atom is -0.442 e. The molecule has 1 N–H and O–H groups in total. The monoisotopic (exact) mass is 357 g/mol. The van der Waals surface area contributed by atoms with Gasteiger partial charge in [0.25, 0.3) is 0 Å². The van der Waals surface area contributed by atoms with Gasteiger partial charge in [-0.05, 0) is 6.08 Å². The number of carbonyl (C=O) groups excluding carboxylic acids is 2. The predicted molar refractivity (Wildman–Crippen MR) is 85.6 cm³/mol.